The zero-order valence-electron chi connectivity index (χ0n) is 17.7. The maximum atomic E-state index is 13.2. The summed E-state index contributed by atoms with van der Waals surface area (Å²) >= 11 is 0. The van der Waals surface area contributed by atoms with E-state index in [0.717, 1.165) is 36.6 Å². The van der Waals surface area contributed by atoms with Gasteiger partial charge in [0, 0.05) is 31.6 Å². The zero-order chi connectivity index (χ0) is 21.8. The molecule has 1 aliphatic carbocycles. The molecule has 0 aromatic carbocycles. The van der Waals surface area contributed by atoms with Gasteiger partial charge in [0.2, 0.25) is 0 Å². The van der Waals surface area contributed by atoms with Gasteiger partial charge in [-0.3, -0.25) is 4.79 Å². The Morgan fingerprint density at radius 2 is 1.97 bits per heavy atom. The van der Waals surface area contributed by atoms with Crippen LogP contribution in [0.25, 0.3) is 10.8 Å². The Balaban J connectivity index is 1.73. The highest BCUT2D eigenvalue weighted by Crippen LogP contribution is 2.27. The minimum atomic E-state index is -0.251. The number of hydrogen-bond donors (Lipinski definition) is 4. The third kappa shape index (κ3) is 5.03. The summed E-state index contributed by atoms with van der Waals surface area (Å²) in [5.41, 5.74) is 0.959. The van der Waals surface area contributed by atoms with E-state index >= 15 is 0 Å². The molecule has 0 radical (unpaired) electrons. The SMILES string of the molecule is Cc1ccnc(Nc2cc3ccn(CCCO)c(=O)c3c(N[C@H]3CC[C@@H](O)CC3)n2)c1. The molecule has 3 aromatic heterocycles. The van der Waals surface area contributed by atoms with Crippen LogP contribution < -0.4 is 16.2 Å². The average Bonchev–Trinajstić information content (AvgIpc) is 2.75. The minimum absolute atomic E-state index is 0.0323. The lowest BCUT2D eigenvalue weighted by molar-refractivity contribution is 0.126. The fourth-order valence-electron chi connectivity index (χ4n) is 4.04. The van der Waals surface area contributed by atoms with E-state index in [1.807, 2.05) is 31.2 Å². The summed E-state index contributed by atoms with van der Waals surface area (Å²) in [5.74, 6) is 1.84. The van der Waals surface area contributed by atoms with Crippen LogP contribution >= 0.6 is 0 Å². The van der Waals surface area contributed by atoms with E-state index in [-0.39, 0.29) is 24.3 Å². The first-order valence-electron chi connectivity index (χ1n) is 10.8. The van der Waals surface area contributed by atoms with E-state index < -0.39 is 0 Å². The van der Waals surface area contributed by atoms with Crippen molar-refractivity contribution in [1.82, 2.24) is 14.5 Å². The quantitative estimate of drug-likeness (QED) is 0.462. The molecule has 4 rings (SSSR count). The molecule has 8 heteroatoms. The number of aliphatic hydroxyl groups excluding tert-OH is 2. The second-order valence-corrected chi connectivity index (χ2v) is 8.20. The Bertz CT molecular complexity index is 1110. The van der Waals surface area contributed by atoms with Crippen molar-refractivity contribution < 1.29 is 10.2 Å². The largest absolute Gasteiger partial charge is 0.396 e. The number of nitrogens with zero attached hydrogens (tertiary/aromatic N) is 3. The molecule has 1 aliphatic rings. The summed E-state index contributed by atoms with van der Waals surface area (Å²) in [6.45, 7) is 2.48. The molecule has 0 saturated heterocycles. The molecule has 31 heavy (non-hydrogen) atoms. The van der Waals surface area contributed by atoms with Gasteiger partial charge in [-0.05, 0) is 74.2 Å². The summed E-state index contributed by atoms with van der Waals surface area (Å²) in [6, 6.07) is 7.78. The first-order chi connectivity index (χ1) is 15.0. The molecular weight excluding hydrogens is 394 g/mol. The second-order valence-electron chi connectivity index (χ2n) is 8.20. The lowest BCUT2D eigenvalue weighted by Gasteiger charge is -2.27. The van der Waals surface area contributed by atoms with Gasteiger partial charge in [-0.25, -0.2) is 9.97 Å². The standard InChI is InChI=1S/C23H29N5O3/c1-15-7-9-24-19(13-15)26-20-14-16-8-11-28(10-2-12-29)23(31)21(16)22(27-20)25-17-3-5-18(30)6-4-17/h7-9,11,13-14,17-18,29-30H,2-6,10,12H2,1H3,(H2,24,25,26,27)/t17-,18+. The highest BCUT2D eigenvalue weighted by molar-refractivity contribution is 5.93. The highest BCUT2D eigenvalue weighted by atomic mass is 16.3. The minimum Gasteiger partial charge on any atom is -0.396 e. The molecule has 3 heterocycles. The van der Waals surface area contributed by atoms with Crippen molar-refractivity contribution in [1.29, 1.82) is 0 Å². The number of rotatable bonds is 7. The fourth-order valence-corrected chi connectivity index (χ4v) is 4.04. The van der Waals surface area contributed by atoms with Crippen LogP contribution in [0.5, 0.6) is 0 Å². The normalized spacial score (nSPS) is 18.8. The predicted molar refractivity (Wildman–Crippen MR) is 122 cm³/mol. The van der Waals surface area contributed by atoms with Crippen LogP contribution in [0.15, 0.2) is 41.5 Å². The number of anilines is 3. The maximum Gasteiger partial charge on any atom is 0.262 e. The van der Waals surface area contributed by atoms with Gasteiger partial charge >= 0.3 is 0 Å². The smallest absolute Gasteiger partial charge is 0.262 e. The van der Waals surface area contributed by atoms with Crippen LogP contribution in [-0.4, -0.2) is 43.5 Å². The van der Waals surface area contributed by atoms with Crippen LogP contribution in [0, 0.1) is 6.92 Å². The second kappa shape index (κ2) is 9.45. The van der Waals surface area contributed by atoms with Crippen LogP contribution in [0.3, 0.4) is 0 Å². The average molecular weight is 424 g/mol. The summed E-state index contributed by atoms with van der Waals surface area (Å²) in [7, 11) is 0. The summed E-state index contributed by atoms with van der Waals surface area (Å²) in [5, 5.41) is 27.0. The number of aliphatic hydroxyl groups is 2. The van der Waals surface area contributed by atoms with E-state index in [1.54, 1.807) is 17.0 Å². The van der Waals surface area contributed by atoms with Gasteiger partial charge in [0.25, 0.3) is 5.56 Å². The van der Waals surface area contributed by atoms with Crippen molar-refractivity contribution in [3.63, 3.8) is 0 Å². The third-order valence-electron chi connectivity index (χ3n) is 5.72. The van der Waals surface area contributed by atoms with Crippen LogP contribution in [0.1, 0.15) is 37.7 Å². The van der Waals surface area contributed by atoms with Gasteiger partial charge in [0.15, 0.2) is 0 Å². The molecule has 164 valence electrons. The van der Waals surface area contributed by atoms with Crippen LogP contribution in [0.4, 0.5) is 17.5 Å². The Morgan fingerprint density at radius 3 is 2.71 bits per heavy atom. The number of aryl methyl sites for hydroxylation is 2. The molecule has 0 unspecified atom stereocenters. The van der Waals surface area contributed by atoms with Gasteiger partial charge in [0.1, 0.15) is 17.5 Å². The molecule has 1 saturated carbocycles. The van der Waals surface area contributed by atoms with Crippen LogP contribution in [-0.2, 0) is 6.54 Å². The number of aromatic nitrogens is 3. The Kier molecular flexibility index (Phi) is 6.48. The van der Waals surface area contributed by atoms with Gasteiger partial charge in [0.05, 0.1) is 11.5 Å². The third-order valence-corrected chi connectivity index (χ3v) is 5.72. The van der Waals surface area contributed by atoms with Gasteiger partial charge < -0.3 is 25.4 Å². The topological polar surface area (TPSA) is 112 Å². The molecule has 1 fully saturated rings. The molecule has 0 atom stereocenters. The van der Waals surface area contributed by atoms with Gasteiger partial charge in [-0.15, -0.1) is 0 Å². The van der Waals surface area contributed by atoms with Crippen molar-refractivity contribution in [3.8, 4) is 0 Å². The van der Waals surface area contributed by atoms with Crippen molar-refractivity contribution in [2.24, 2.45) is 0 Å². The lowest BCUT2D eigenvalue weighted by atomic mass is 9.93. The number of fused-ring (bicyclic) bond motifs is 1. The molecule has 0 bridgehead atoms. The van der Waals surface area contributed by atoms with E-state index in [4.69, 9.17) is 10.1 Å². The van der Waals surface area contributed by atoms with Crippen molar-refractivity contribution in [2.75, 3.05) is 17.2 Å². The molecule has 3 aromatic rings. The lowest BCUT2D eigenvalue weighted by Crippen LogP contribution is -2.30. The zero-order valence-corrected chi connectivity index (χ0v) is 17.7. The van der Waals surface area contributed by atoms with Gasteiger partial charge in [-0.1, -0.05) is 0 Å². The molecular formula is C23H29N5O3. The monoisotopic (exact) mass is 423 g/mol. The predicted octanol–water partition coefficient (Wildman–Crippen LogP) is 2.94. The number of pyridine rings is 3. The first kappa shape index (κ1) is 21.3. The Labute approximate surface area is 181 Å². The molecule has 4 N–H and O–H groups in total. The van der Waals surface area contributed by atoms with E-state index in [2.05, 4.69) is 15.6 Å². The van der Waals surface area contributed by atoms with Crippen molar-refractivity contribution >= 4 is 28.2 Å². The number of nitrogens with one attached hydrogen (secondary N) is 2. The van der Waals surface area contributed by atoms with Gasteiger partial charge in [-0.2, -0.15) is 0 Å². The van der Waals surface area contributed by atoms with Crippen LogP contribution in [0.2, 0.25) is 0 Å². The molecule has 0 amide bonds. The number of hydrogen-bond acceptors (Lipinski definition) is 7. The summed E-state index contributed by atoms with van der Waals surface area (Å²) in [6.07, 6.45) is 6.89. The van der Waals surface area contributed by atoms with E-state index in [0.29, 0.717) is 35.8 Å². The summed E-state index contributed by atoms with van der Waals surface area (Å²) < 4.78 is 1.62. The molecule has 0 aliphatic heterocycles. The van der Waals surface area contributed by atoms with E-state index in [1.165, 1.54) is 0 Å². The molecule has 0 spiro atoms. The Hall–Kier alpha value is -2.97. The molecule has 8 nitrogen and oxygen atoms in total. The Morgan fingerprint density at radius 1 is 1.16 bits per heavy atom. The van der Waals surface area contributed by atoms with Crippen molar-refractivity contribution in [2.45, 2.75) is 57.7 Å². The van der Waals surface area contributed by atoms with E-state index in [9.17, 15) is 9.90 Å². The summed E-state index contributed by atoms with van der Waals surface area (Å²) in [4.78, 5) is 22.3. The van der Waals surface area contributed by atoms with Crippen molar-refractivity contribution in [3.05, 3.63) is 52.6 Å². The fraction of sp³-hybridized carbons (Fsp3) is 0.435. The maximum absolute atomic E-state index is 13.2. The first-order valence-corrected chi connectivity index (χ1v) is 10.8. The highest BCUT2D eigenvalue weighted by Gasteiger charge is 2.21.